The smallest absolute Gasteiger partial charge is 0.399 e. The average molecular weight is 517 g/mol. The maximum atomic E-state index is 15.4. The molecule has 2 atom stereocenters. The maximum absolute atomic E-state index is 15.4. The number of ether oxygens (including phenoxy) is 2. The molecule has 3 nitrogen and oxygen atoms in total. The van der Waals surface area contributed by atoms with E-state index < -0.39 is 41.1 Å². The molecule has 2 fully saturated rings. The van der Waals surface area contributed by atoms with Gasteiger partial charge in [-0.05, 0) is 80.2 Å². The largest absolute Gasteiger partial charge is 0.573 e. The van der Waals surface area contributed by atoms with Crippen LogP contribution in [0.4, 0.5) is 26.3 Å². The van der Waals surface area contributed by atoms with Crippen molar-refractivity contribution in [2.75, 3.05) is 6.61 Å². The van der Waals surface area contributed by atoms with Crippen LogP contribution in [0.1, 0.15) is 63.9 Å². The molecule has 1 aliphatic heterocycles. The number of benzene rings is 2. The fraction of sp³-hybridized carbons (Fsp3) is 0.556. The fourth-order valence-corrected chi connectivity index (χ4v) is 5.78. The Kier molecular flexibility index (Phi) is 7.90. The molecule has 1 saturated carbocycles. The zero-order chi connectivity index (χ0) is 26.1. The van der Waals surface area contributed by atoms with Gasteiger partial charge in [-0.25, -0.2) is 13.2 Å². The molecule has 1 saturated heterocycles. The van der Waals surface area contributed by atoms with Crippen molar-refractivity contribution < 1.29 is 40.9 Å². The van der Waals surface area contributed by atoms with Crippen molar-refractivity contribution in [3.05, 3.63) is 53.3 Å². The Balaban J connectivity index is 1.64. The summed E-state index contributed by atoms with van der Waals surface area (Å²) in [6.07, 6.45) is 0.488. The van der Waals surface area contributed by atoms with Crippen LogP contribution in [0.25, 0.3) is 11.1 Å². The Morgan fingerprint density at radius 1 is 0.972 bits per heavy atom. The number of aliphatic hydroxyl groups is 1. The summed E-state index contributed by atoms with van der Waals surface area (Å²) in [4.78, 5) is 0. The van der Waals surface area contributed by atoms with E-state index in [1.54, 1.807) is 6.07 Å². The Labute approximate surface area is 206 Å². The van der Waals surface area contributed by atoms with Crippen molar-refractivity contribution in [2.24, 2.45) is 5.92 Å². The minimum absolute atomic E-state index is 0.142. The highest BCUT2D eigenvalue weighted by Gasteiger charge is 2.45. The number of halogens is 6. The van der Waals surface area contributed by atoms with E-state index in [9.17, 15) is 27.1 Å². The van der Waals surface area contributed by atoms with Gasteiger partial charge in [0.2, 0.25) is 5.75 Å². The second kappa shape index (κ2) is 10.6. The van der Waals surface area contributed by atoms with Gasteiger partial charge < -0.3 is 14.6 Å². The van der Waals surface area contributed by atoms with Crippen LogP contribution in [0.2, 0.25) is 0 Å². The molecule has 36 heavy (non-hydrogen) atoms. The molecule has 0 radical (unpaired) electrons. The van der Waals surface area contributed by atoms with E-state index in [1.165, 1.54) is 12.1 Å². The van der Waals surface area contributed by atoms with Gasteiger partial charge in [0, 0.05) is 17.6 Å². The quantitative estimate of drug-likeness (QED) is 0.406. The van der Waals surface area contributed by atoms with Crippen LogP contribution in [0, 0.1) is 23.4 Å². The summed E-state index contributed by atoms with van der Waals surface area (Å²) in [5, 5.41) is 10.1. The normalized spacial score (nSPS) is 27.2. The van der Waals surface area contributed by atoms with Crippen LogP contribution in [0.5, 0.6) is 5.75 Å². The van der Waals surface area contributed by atoms with Gasteiger partial charge in [0.05, 0.1) is 12.2 Å². The molecule has 2 aromatic carbocycles. The Morgan fingerprint density at radius 2 is 1.64 bits per heavy atom. The molecular weight excluding hydrogens is 486 g/mol. The summed E-state index contributed by atoms with van der Waals surface area (Å²) >= 11 is 0. The number of hydrogen-bond donors (Lipinski definition) is 1. The lowest BCUT2D eigenvalue weighted by molar-refractivity contribution is -0.276. The van der Waals surface area contributed by atoms with Crippen molar-refractivity contribution in [1.82, 2.24) is 0 Å². The van der Waals surface area contributed by atoms with E-state index in [-0.39, 0.29) is 17.2 Å². The molecule has 0 amide bonds. The predicted molar refractivity (Wildman–Crippen MR) is 122 cm³/mol. The van der Waals surface area contributed by atoms with Gasteiger partial charge in [-0.2, -0.15) is 0 Å². The lowest BCUT2D eigenvalue weighted by atomic mass is 9.63. The first-order chi connectivity index (χ1) is 17.0. The lowest BCUT2D eigenvalue weighted by Crippen LogP contribution is -2.47. The fourth-order valence-electron chi connectivity index (χ4n) is 5.78. The van der Waals surface area contributed by atoms with Gasteiger partial charge in [-0.15, -0.1) is 13.2 Å². The van der Waals surface area contributed by atoms with E-state index in [2.05, 4.69) is 11.7 Å². The maximum Gasteiger partial charge on any atom is 0.573 e. The van der Waals surface area contributed by atoms with Crippen LogP contribution < -0.4 is 4.74 Å². The third-order valence-corrected chi connectivity index (χ3v) is 7.60. The molecule has 2 aromatic rings. The van der Waals surface area contributed by atoms with E-state index >= 15 is 4.39 Å². The Bertz CT molecular complexity index is 1030. The average Bonchev–Trinajstić information content (AvgIpc) is 2.82. The van der Waals surface area contributed by atoms with Gasteiger partial charge in [-0.3, -0.25) is 0 Å². The summed E-state index contributed by atoms with van der Waals surface area (Å²) < 4.78 is 90.9. The van der Waals surface area contributed by atoms with Crippen LogP contribution in [-0.2, 0) is 10.2 Å². The molecule has 0 bridgehead atoms. The van der Waals surface area contributed by atoms with Crippen molar-refractivity contribution >= 4 is 0 Å². The molecule has 9 heteroatoms. The first-order valence-corrected chi connectivity index (χ1v) is 12.4. The lowest BCUT2D eigenvalue weighted by Gasteiger charge is -2.47. The minimum atomic E-state index is -5.27. The van der Waals surface area contributed by atoms with Crippen molar-refractivity contribution in [3.63, 3.8) is 0 Å². The molecule has 2 unspecified atom stereocenters. The molecule has 2 aliphatic rings. The van der Waals surface area contributed by atoms with E-state index in [1.807, 2.05) is 0 Å². The Morgan fingerprint density at radius 3 is 2.17 bits per heavy atom. The van der Waals surface area contributed by atoms with Gasteiger partial charge in [0.25, 0.3) is 0 Å². The van der Waals surface area contributed by atoms with Crippen molar-refractivity contribution in [3.8, 4) is 16.9 Å². The van der Waals surface area contributed by atoms with Gasteiger partial charge in [0.1, 0.15) is 5.82 Å². The van der Waals surface area contributed by atoms with Gasteiger partial charge in [-0.1, -0.05) is 25.5 Å². The van der Waals surface area contributed by atoms with Crippen LogP contribution >= 0.6 is 0 Å². The first-order valence-electron chi connectivity index (χ1n) is 12.4. The molecule has 0 spiro atoms. The number of aliphatic hydroxyl groups excluding tert-OH is 1. The monoisotopic (exact) mass is 516 g/mol. The third-order valence-electron chi connectivity index (χ3n) is 7.60. The zero-order valence-corrected chi connectivity index (χ0v) is 20.0. The number of alkyl halides is 3. The summed E-state index contributed by atoms with van der Waals surface area (Å²) in [7, 11) is 0. The number of rotatable bonds is 6. The molecule has 1 aliphatic carbocycles. The second-order valence-electron chi connectivity index (χ2n) is 9.95. The van der Waals surface area contributed by atoms with Gasteiger partial charge >= 0.3 is 6.36 Å². The topological polar surface area (TPSA) is 38.7 Å². The molecule has 1 heterocycles. The standard InChI is InChI=1S/C27H30F6O3/c1-2-3-16-4-7-24(35-15-16)26(10-8-19(34)9-11-26)18-5-6-20(21(28)14-18)17-12-22(29)25(23(30)13-17)36-27(31,32)33/h5-6,12-14,16,19,24,34H,2-4,7-11,15H2,1H3. The third kappa shape index (κ3) is 5.67. The van der Waals surface area contributed by atoms with E-state index in [0.717, 1.165) is 25.7 Å². The second-order valence-corrected chi connectivity index (χ2v) is 9.95. The molecule has 1 N–H and O–H groups in total. The predicted octanol–water partition coefficient (Wildman–Crippen LogP) is 7.44. The minimum Gasteiger partial charge on any atom is -0.399 e. The van der Waals surface area contributed by atoms with Gasteiger partial charge in [0.15, 0.2) is 11.6 Å². The summed E-state index contributed by atoms with van der Waals surface area (Å²) in [6, 6.07) is 5.64. The highest BCUT2D eigenvalue weighted by atomic mass is 19.4. The van der Waals surface area contributed by atoms with E-state index in [4.69, 9.17) is 4.74 Å². The highest BCUT2D eigenvalue weighted by molar-refractivity contribution is 5.66. The number of hydrogen-bond acceptors (Lipinski definition) is 3. The van der Waals surface area contributed by atoms with Crippen LogP contribution in [0.15, 0.2) is 30.3 Å². The SMILES string of the molecule is CCCC1CCC(C2(c3ccc(-c4cc(F)c(OC(F)(F)F)c(F)c4)c(F)c3)CCC(O)CC2)OC1. The van der Waals surface area contributed by atoms with Crippen molar-refractivity contribution in [2.45, 2.75) is 82.3 Å². The van der Waals surface area contributed by atoms with E-state index in [0.29, 0.717) is 55.9 Å². The molecule has 198 valence electrons. The zero-order valence-electron chi connectivity index (χ0n) is 20.0. The molecular formula is C27H30F6O3. The Hall–Kier alpha value is -2.26. The summed E-state index contributed by atoms with van der Waals surface area (Å²) in [5.41, 5.74) is -0.203. The molecule has 4 rings (SSSR count). The van der Waals surface area contributed by atoms with Crippen molar-refractivity contribution in [1.29, 1.82) is 0 Å². The summed E-state index contributed by atoms with van der Waals surface area (Å²) in [6.45, 7) is 2.77. The van der Waals surface area contributed by atoms with Crippen LogP contribution in [0.3, 0.4) is 0 Å². The first kappa shape index (κ1) is 26.8. The summed E-state index contributed by atoms with van der Waals surface area (Å²) in [5.74, 6) is -5.01. The molecule has 0 aromatic heterocycles. The van der Waals surface area contributed by atoms with Crippen LogP contribution in [-0.4, -0.2) is 30.3 Å². The highest BCUT2D eigenvalue weighted by Crippen LogP contribution is 2.47.